The van der Waals surface area contributed by atoms with Gasteiger partial charge in [0.1, 0.15) is 5.75 Å². The molecule has 1 aliphatic rings. The average Bonchev–Trinajstić information content (AvgIpc) is 2.73. The van der Waals surface area contributed by atoms with Crippen molar-refractivity contribution in [3.63, 3.8) is 0 Å². The van der Waals surface area contributed by atoms with E-state index in [2.05, 4.69) is 16.3 Å². The summed E-state index contributed by atoms with van der Waals surface area (Å²) in [7, 11) is 1.56. The summed E-state index contributed by atoms with van der Waals surface area (Å²) >= 11 is 0. The van der Waals surface area contributed by atoms with Crippen LogP contribution in [0.1, 0.15) is 24.0 Å². The molecule has 0 bridgehead atoms. The summed E-state index contributed by atoms with van der Waals surface area (Å²) in [5.74, 6) is 1.05. The third-order valence-electron chi connectivity index (χ3n) is 5.32. The van der Waals surface area contributed by atoms with E-state index in [1.165, 1.54) is 11.6 Å². The number of ether oxygens (including phenoxy) is 1. The van der Waals surface area contributed by atoms with Crippen LogP contribution < -0.4 is 10.1 Å². The fraction of sp³-hybridized carbons (Fsp3) is 0.429. The zero-order chi connectivity index (χ0) is 19.9. The summed E-state index contributed by atoms with van der Waals surface area (Å²) in [5, 5.41) is 23.8. The topological polar surface area (TPSA) is 87.9 Å². The first-order valence-corrected chi connectivity index (χ1v) is 9.57. The highest BCUT2D eigenvalue weighted by atomic mass is 16.6. The van der Waals surface area contributed by atoms with Crippen LogP contribution >= 0.6 is 0 Å². The summed E-state index contributed by atoms with van der Waals surface area (Å²) in [5.41, 5.74) is 3.00. The number of non-ortho nitro benzene ring substituents is 1. The van der Waals surface area contributed by atoms with Gasteiger partial charge in [-0.3, -0.25) is 15.0 Å². The number of nitro groups is 1. The number of aliphatic hydroxyl groups is 1. The number of hydrogen-bond donors (Lipinski definition) is 2. The molecule has 150 valence electrons. The van der Waals surface area contributed by atoms with Gasteiger partial charge in [-0.15, -0.1) is 0 Å². The van der Waals surface area contributed by atoms with E-state index >= 15 is 0 Å². The number of anilines is 1. The number of likely N-dealkylation sites (tertiary alicyclic amines) is 1. The molecule has 0 aromatic heterocycles. The van der Waals surface area contributed by atoms with Crippen LogP contribution in [0.4, 0.5) is 11.4 Å². The number of hydrogen-bond acceptors (Lipinski definition) is 6. The largest absolute Gasteiger partial charge is 0.496 e. The van der Waals surface area contributed by atoms with Crippen LogP contribution in [0, 0.1) is 16.0 Å². The van der Waals surface area contributed by atoms with Gasteiger partial charge in [-0.1, -0.05) is 18.2 Å². The Morgan fingerprint density at radius 2 is 1.96 bits per heavy atom. The first-order chi connectivity index (χ1) is 13.6. The second kappa shape index (κ2) is 9.52. The Kier molecular flexibility index (Phi) is 6.84. The predicted octanol–water partition coefficient (Wildman–Crippen LogP) is 3.42. The molecule has 0 aliphatic carbocycles. The van der Waals surface area contributed by atoms with Crippen molar-refractivity contribution in [2.24, 2.45) is 5.92 Å². The number of benzene rings is 2. The van der Waals surface area contributed by atoms with Crippen LogP contribution in [0.15, 0.2) is 42.5 Å². The third-order valence-corrected chi connectivity index (χ3v) is 5.32. The highest BCUT2D eigenvalue weighted by molar-refractivity contribution is 5.53. The van der Waals surface area contributed by atoms with Gasteiger partial charge >= 0.3 is 0 Å². The molecule has 0 spiro atoms. The minimum absolute atomic E-state index is 0.0534. The lowest BCUT2D eigenvalue weighted by molar-refractivity contribution is -0.384. The number of para-hydroxylation sites is 1. The van der Waals surface area contributed by atoms with E-state index in [1.54, 1.807) is 19.2 Å². The zero-order valence-electron chi connectivity index (χ0n) is 16.1. The molecule has 2 aromatic rings. The third kappa shape index (κ3) is 4.99. The summed E-state index contributed by atoms with van der Waals surface area (Å²) in [4.78, 5) is 13.1. The fourth-order valence-electron chi connectivity index (χ4n) is 3.61. The molecule has 1 aliphatic heterocycles. The van der Waals surface area contributed by atoms with Crippen LogP contribution in [-0.2, 0) is 13.1 Å². The minimum Gasteiger partial charge on any atom is -0.496 e. The van der Waals surface area contributed by atoms with Crippen molar-refractivity contribution in [3.8, 4) is 5.75 Å². The molecule has 0 atom stereocenters. The van der Waals surface area contributed by atoms with Crippen molar-refractivity contribution in [3.05, 3.63) is 63.7 Å². The Bertz CT molecular complexity index is 804. The SMILES string of the molecule is COc1ccc([N+](=O)[O-])cc1CNc1ccccc1CN1CCC(CO)CC1. The lowest BCUT2D eigenvalue weighted by atomic mass is 9.97. The van der Waals surface area contributed by atoms with Crippen molar-refractivity contribution in [1.29, 1.82) is 0 Å². The predicted molar refractivity (Wildman–Crippen MR) is 109 cm³/mol. The van der Waals surface area contributed by atoms with Gasteiger partial charge < -0.3 is 15.2 Å². The highest BCUT2D eigenvalue weighted by Crippen LogP contribution is 2.27. The molecule has 7 heteroatoms. The molecule has 1 saturated heterocycles. The zero-order valence-corrected chi connectivity index (χ0v) is 16.1. The summed E-state index contributed by atoms with van der Waals surface area (Å²) < 4.78 is 5.35. The molecule has 28 heavy (non-hydrogen) atoms. The highest BCUT2D eigenvalue weighted by Gasteiger charge is 2.19. The Balaban J connectivity index is 1.69. The van der Waals surface area contributed by atoms with Crippen LogP contribution in [0.2, 0.25) is 0 Å². The smallest absolute Gasteiger partial charge is 0.270 e. The number of methoxy groups -OCH3 is 1. The first-order valence-electron chi connectivity index (χ1n) is 9.57. The van der Waals surface area contributed by atoms with E-state index in [-0.39, 0.29) is 12.3 Å². The van der Waals surface area contributed by atoms with E-state index in [1.807, 2.05) is 18.2 Å². The molecule has 3 rings (SSSR count). The maximum absolute atomic E-state index is 11.1. The minimum atomic E-state index is -0.396. The maximum Gasteiger partial charge on any atom is 0.270 e. The molecule has 0 saturated carbocycles. The van der Waals surface area contributed by atoms with Crippen molar-refractivity contribution < 1.29 is 14.8 Å². The van der Waals surface area contributed by atoms with E-state index in [0.29, 0.717) is 18.2 Å². The Labute approximate surface area is 165 Å². The molecule has 0 radical (unpaired) electrons. The number of nitrogens with zero attached hydrogens (tertiary/aromatic N) is 2. The molecular weight excluding hydrogens is 358 g/mol. The number of rotatable bonds is 8. The molecule has 7 nitrogen and oxygen atoms in total. The quantitative estimate of drug-likeness (QED) is 0.535. The summed E-state index contributed by atoms with van der Waals surface area (Å²) in [6.45, 7) is 3.52. The normalized spacial score (nSPS) is 15.4. The lowest BCUT2D eigenvalue weighted by Gasteiger charge is -2.31. The van der Waals surface area contributed by atoms with Gasteiger partial charge in [0.15, 0.2) is 0 Å². The molecule has 2 N–H and O–H groups in total. The number of nitro benzene ring substituents is 1. The van der Waals surface area contributed by atoms with Gasteiger partial charge in [0.25, 0.3) is 5.69 Å². The molecule has 1 fully saturated rings. The Morgan fingerprint density at radius 3 is 2.64 bits per heavy atom. The second-order valence-corrected chi connectivity index (χ2v) is 7.17. The van der Waals surface area contributed by atoms with E-state index in [9.17, 15) is 15.2 Å². The van der Waals surface area contributed by atoms with Gasteiger partial charge in [0.05, 0.1) is 12.0 Å². The Hall–Kier alpha value is -2.64. The van der Waals surface area contributed by atoms with Crippen molar-refractivity contribution in [2.45, 2.75) is 25.9 Å². The standard InChI is InChI=1S/C21H27N3O4/c1-28-21-7-6-19(24(26)27)12-18(21)13-22-20-5-3-2-4-17(20)14-23-10-8-16(15-25)9-11-23/h2-7,12,16,22,25H,8-11,13-15H2,1H3. The molecule has 0 unspecified atom stereocenters. The second-order valence-electron chi connectivity index (χ2n) is 7.17. The molecule has 2 aromatic carbocycles. The molecular formula is C21H27N3O4. The van der Waals surface area contributed by atoms with E-state index < -0.39 is 4.92 Å². The van der Waals surface area contributed by atoms with Gasteiger partial charge in [0.2, 0.25) is 0 Å². The fourth-order valence-corrected chi connectivity index (χ4v) is 3.61. The van der Waals surface area contributed by atoms with E-state index in [4.69, 9.17) is 4.74 Å². The van der Waals surface area contributed by atoms with Gasteiger partial charge in [-0.25, -0.2) is 0 Å². The summed E-state index contributed by atoms with van der Waals surface area (Å²) in [6.07, 6.45) is 2.05. The number of aliphatic hydroxyl groups excluding tert-OH is 1. The van der Waals surface area contributed by atoms with Crippen molar-refractivity contribution >= 4 is 11.4 Å². The Morgan fingerprint density at radius 1 is 1.21 bits per heavy atom. The van der Waals surface area contributed by atoms with Crippen LogP contribution in [0.5, 0.6) is 5.75 Å². The van der Waals surface area contributed by atoms with Crippen molar-refractivity contribution in [1.82, 2.24) is 4.90 Å². The molecule has 1 heterocycles. The van der Waals surface area contributed by atoms with Crippen LogP contribution in [0.3, 0.4) is 0 Å². The lowest BCUT2D eigenvalue weighted by Crippen LogP contribution is -2.34. The number of piperidine rings is 1. The van der Waals surface area contributed by atoms with E-state index in [0.717, 1.165) is 43.7 Å². The summed E-state index contributed by atoms with van der Waals surface area (Å²) in [6, 6.07) is 12.8. The maximum atomic E-state index is 11.1. The first kappa shape index (κ1) is 20.1. The monoisotopic (exact) mass is 385 g/mol. The van der Waals surface area contributed by atoms with Crippen LogP contribution in [-0.4, -0.2) is 41.7 Å². The number of nitrogens with one attached hydrogen (secondary N) is 1. The van der Waals surface area contributed by atoms with Gasteiger partial charge in [0, 0.05) is 43.1 Å². The average molecular weight is 385 g/mol. The van der Waals surface area contributed by atoms with Gasteiger partial charge in [-0.2, -0.15) is 0 Å². The van der Waals surface area contributed by atoms with Crippen molar-refractivity contribution in [2.75, 3.05) is 32.1 Å². The van der Waals surface area contributed by atoms with Gasteiger partial charge in [-0.05, 0) is 49.5 Å². The molecule has 0 amide bonds. The van der Waals surface area contributed by atoms with Crippen LogP contribution in [0.25, 0.3) is 0 Å².